The van der Waals surface area contributed by atoms with E-state index in [-0.39, 0.29) is 0 Å². The first kappa shape index (κ1) is 13.8. The van der Waals surface area contributed by atoms with Crippen molar-refractivity contribution in [3.8, 4) is 17.3 Å². The van der Waals surface area contributed by atoms with Crippen LogP contribution in [-0.2, 0) is 6.42 Å². The van der Waals surface area contributed by atoms with Crippen molar-refractivity contribution >= 4 is 26.8 Å². The number of alkyl halides is 1. The van der Waals surface area contributed by atoms with E-state index in [1.807, 2.05) is 42.5 Å². The smallest absolute Gasteiger partial charge is 0.100 e. The minimum absolute atomic E-state index is 0.738. The molecule has 1 heterocycles. The summed E-state index contributed by atoms with van der Waals surface area (Å²) in [6, 6.07) is 16.2. The number of nitriles is 1. The SMILES string of the molecule is N#Cc1ccc2[nH]nc(-c3ccccc3)c2c1CCCBr. The lowest BCUT2D eigenvalue weighted by Crippen LogP contribution is -1.94. The van der Waals surface area contributed by atoms with Crippen LogP contribution >= 0.6 is 15.9 Å². The molecule has 3 aromatic rings. The van der Waals surface area contributed by atoms with Gasteiger partial charge in [0.15, 0.2) is 0 Å². The van der Waals surface area contributed by atoms with Gasteiger partial charge in [-0.05, 0) is 30.5 Å². The standard InChI is InChI=1S/C17H14BrN3/c18-10-4-7-14-13(11-19)8-9-15-16(14)17(21-20-15)12-5-2-1-3-6-12/h1-3,5-6,8-9H,4,7,10H2,(H,20,21). The summed E-state index contributed by atoms with van der Waals surface area (Å²) >= 11 is 3.47. The van der Waals surface area contributed by atoms with Crippen molar-refractivity contribution in [1.29, 1.82) is 5.26 Å². The maximum atomic E-state index is 9.38. The van der Waals surface area contributed by atoms with Crippen LogP contribution in [0.15, 0.2) is 42.5 Å². The Morgan fingerprint density at radius 3 is 2.67 bits per heavy atom. The first-order valence-corrected chi connectivity index (χ1v) is 7.98. The van der Waals surface area contributed by atoms with E-state index in [4.69, 9.17) is 0 Å². The highest BCUT2D eigenvalue weighted by Gasteiger charge is 2.15. The third-order valence-corrected chi connectivity index (χ3v) is 4.13. The molecular weight excluding hydrogens is 326 g/mol. The van der Waals surface area contributed by atoms with Gasteiger partial charge < -0.3 is 0 Å². The van der Waals surface area contributed by atoms with Crippen molar-refractivity contribution in [1.82, 2.24) is 10.2 Å². The highest BCUT2D eigenvalue weighted by Crippen LogP contribution is 2.31. The summed E-state index contributed by atoms with van der Waals surface area (Å²) in [6.45, 7) is 0. The maximum Gasteiger partial charge on any atom is 0.100 e. The molecule has 0 amide bonds. The largest absolute Gasteiger partial charge is 0.277 e. The van der Waals surface area contributed by atoms with Gasteiger partial charge in [0.05, 0.1) is 17.1 Å². The molecule has 4 heteroatoms. The van der Waals surface area contributed by atoms with E-state index in [0.717, 1.165) is 51.5 Å². The van der Waals surface area contributed by atoms with Crippen LogP contribution in [0.4, 0.5) is 0 Å². The molecule has 0 aliphatic heterocycles. The van der Waals surface area contributed by atoms with E-state index in [9.17, 15) is 5.26 Å². The molecular formula is C17H14BrN3. The Kier molecular flexibility index (Phi) is 4.03. The zero-order valence-electron chi connectivity index (χ0n) is 11.4. The Morgan fingerprint density at radius 1 is 1.14 bits per heavy atom. The molecule has 1 N–H and O–H groups in total. The van der Waals surface area contributed by atoms with Gasteiger partial charge in [0.1, 0.15) is 5.69 Å². The van der Waals surface area contributed by atoms with Crippen LogP contribution in [0, 0.1) is 11.3 Å². The molecule has 0 aliphatic carbocycles. The molecule has 0 unspecified atom stereocenters. The first-order valence-electron chi connectivity index (χ1n) is 6.86. The average Bonchev–Trinajstić information content (AvgIpc) is 2.97. The number of nitrogens with zero attached hydrogens (tertiary/aromatic N) is 2. The fraction of sp³-hybridized carbons (Fsp3) is 0.176. The lowest BCUT2D eigenvalue weighted by atomic mass is 9.96. The Bertz CT molecular complexity index is 800. The fourth-order valence-electron chi connectivity index (χ4n) is 2.60. The second-order valence-electron chi connectivity index (χ2n) is 4.86. The van der Waals surface area contributed by atoms with Gasteiger partial charge in [-0.15, -0.1) is 0 Å². The molecule has 0 radical (unpaired) electrons. The number of aromatic amines is 1. The van der Waals surface area contributed by atoms with Crippen molar-refractivity contribution < 1.29 is 0 Å². The number of aromatic nitrogens is 2. The topological polar surface area (TPSA) is 52.5 Å². The number of aryl methyl sites for hydroxylation is 1. The molecule has 0 atom stereocenters. The van der Waals surface area contributed by atoms with Crippen molar-refractivity contribution in [2.75, 3.05) is 5.33 Å². The molecule has 3 nitrogen and oxygen atoms in total. The Balaban J connectivity index is 2.25. The number of halogens is 1. The predicted octanol–water partition coefficient (Wildman–Crippen LogP) is 4.43. The minimum Gasteiger partial charge on any atom is -0.277 e. The average molecular weight is 340 g/mol. The van der Waals surface area contributed by atoms with Gasteiger partial charge in [-0.25, -0.2) is 0 Å². The van der Waals surface area contributed by atoms with Gasteiger partial charge in [0.25, 0.3) is 0 Å². The number of fused-ring (bicyclic) bond motifs is 1. The van der Waals surface area contributed by atoms with Crippen LogP contribution in [0.25, 0.3) is 22.2 Å². The third-order valence-electron chi connectivity index (χ3n) is 3.57. The van der Waals surface area contributed by atoms with Gasteiger partial charge in [-0.3, -0.25) is 5.10 Å². The van der Waals surface area contributed by atoms with Gasteiger partial charge in [0.2, 0.25) is 0 Å². The quantitative estimate of drug-likeness (QED) is 0.715. The molecule has 0 saturated carbocycles. The van der Waals surface area contributed by atoms with Gasteiger partial charge >= 0.3 is 0 Å². The number of H-pyrrole nitrogens is 1. The summed E-state index contributed by atoms with van der Waals surface area (Å²) in [5.74, 6) is 0. The summed E-state index contributed by atoms with van der Waals surface area (Å²) in [5, 5.41) is 18.9. The van der Waals surface area contributed by atoms with Crippen molar-refractivity contribution in [3.63, 3.8) is 0 Å². The Labute approximate surface area is 131 Å². The zero-order chi connectivity index (χ0) is 14.7. The molecule has 1 aromatic heterocycles. The lowest BCUT2D eigenvalue weighted by Gasteiger charge is -2.07. The molecule has 0 bridgehead atoms. The van der Waals surface area contributed by atoms with Crippen LogP contribution in [-0.4, -0.2) is 15.5 Å². The van der Waals surface area contributed by atoms with Crippen LogP contribution in [0.3, 0.4) is 0 Å². The first-order chi connectivity index (χ1) is 10.3. The highest BCUT2D eigenvalue weighted by molar-refractivity contribution is 9.09. The van der Waals surface area contributed by atoms with E-state index >= 15 is 0 Å². The van der Waals surface area contributed by atoms with Crippen LogP contribution in [0.2, 0.25) is 0 Å². The molecule has 0 fully saturated rings. The van der Waals surface area contributed by atoms with Crippen molar-refractivity contribution in [3.05, 3.63) is 53.6 Å². The summed E-state index contributed by atoms with van der Waals surface area (Å²) in [5.41, 5.74) is 4.80. The van der Waals surface area contributed by atoms with Crippen LogP contribution in [0.5, 0.6) is 0 Å². The summed E-state index contributed by atoms with van der Waals surface area (Å²) in [7, 11) is 0. The van der Waals surface area contributed by atoms with Gasteiger partial charge in [-0.1, -0.05) is 46.3 Å². The van der Waals surface area contributed by atoms with E-state index in [0.29, 0.717) is 0 Å². The minimum atomic E-state index is 0.738. The fourth-order valence-corrected chi connectivity index (χ4v) is 2.88. The van der Waals surface area contributed by atoms with Gasteiger partial charge in [-0.2, -0.15) is 10.4 Å². The lowest BCUT2D eigenvalue weighted by molar-refractivity contribution is 0.944. The second-order valence-corrected chi connectivity index (χ2v) is 5.65. The van der Waals surface area contributed by atoms with Gasteiger partial charge in [0, 0.05) is 16.3 Å². The predicted molar refractivity (Wildman–Crippen MR) is 88.4 cm³/mol. The summed E-state index contributed by atoms with van der Waals surface area (Å²) in [4.78, 5) is 0. The summed E-state index contributed by atoms with van der Waals surface area (Å²) in [6.07, 6.45) is 1.86. The van der Waals surface area contributed by atoms with E-state index in [1.165, 1.54) is 0 Å². The molecule has 2 aromatic carbocycles. The van der Waals surface area contributed by atoms with E-state index < -0.39 is 0 Å². The number of nitrogens with one attached hydrogen (secondary N) is 1. The normalized spacial score (nSPS) is 10.7. The van der Waals surface area contributed by atoms with Crippen molar-refractivity contribution in [2.24, 2.45) is 0 Å². The number of rotatable bonds is 4. The van der Waals surface area contributed by atoms with E-state index in [1.54, 1.807) is 0 Å². The zero-order valence-corrected chi connectivity index (χ0v) is 13.0. The Hall–Kier alpha value is -2.12. The van der Waals surface area contributed by atoms with Crippen LogP contribution in [0.1, 0.15) is 17.5 Å². The second kappa shape index (κ2) is 6.11. The van der Waals surface area contributed by atoms with Crippen molar-refractivity contribution in [2.45, 2.75) is 12.8 Å². The molecule has 3 rings (SSSR count). The number of hydrogen-bond donors (Lipinski definition) is 1. The Morgan fingerprint density at radius 2 is 1.95 bits per heavy atom. The highest BCUT2D eigenvalue weighted by atomic mass is 79.9. The molecule has 0 aliphatic rings. The van der Waals surface area contributed by atoms with Crippen LogP contribution < -0.4 is 0 Å². The molecule has 0 saturated heterocycles. The molecule has 21 heavy (non-hydrogen) atoms. The molecule has 104 valence electrons. The van der Waals surface area contributed by atoms with E-state index in [2.05, 4.69) is 32.2 Å². The number of hydrogen-bond acceptors (Lipinski definition) is 2. The number of benzene rings is 2. The monoisotopic (exact) mass is 339 g/mol. The molecule has 0 spiro atoms. The maximum absolute atomic E-state index is 9.38. The summed E-state index contributed by atoms with van der Waals surface area (Å²) < 4.78 is 0. The third kappa shape index (κ3) is 2.57.